The van der Waals surface area contributed by atoms with E-state index in [-0.39, 0.29) is 29.9 Å². The lowest BCUT2D eigenvalue weighted by molar-refractivity contribution is -0.161. The molecule has 6 rings (SSSR count). The number of benzene rings is 3. The van der Waals surface area contributed by atoms with Crippen molar-refractivity contribution in [1.82, 2.24) is 24.9 Å². The van der Waals surface area contributed by atoms with E-state index in [9.17, 15) is 24.3 Å². The fraction of sp³-hybridized carbons (Fsp3) is 0.463. The van der Waals surface area contributed by atoms with Crippen molar-refractivity contribution in [3.63, 3.8) is 0 Å². The van der Waals surface area contributed by atoms with Crippen molar-refractivity contribution < 1.29 is 24.3 Å². The van der Waals surface area contributed by atoms with Crippen molar-refractivity contribution in [2.45, 2.75) is 76.5 Å². The smallest absolute Gasteiger partial charge is 0.312 e. The van der Waals surface area contributed by atoms with E-state index < -0.39 is 23.6 Å². The van der Waals surface area contributed by atoms with Crippen molar-refractivity contribution in [3.8, 4) is 5.75 Å². The van der Waals surface area contributed by atoms with E-state index >= 15 is 0 Å². The molecule has 0 radical (unpaired) electrons. The van der Waals surface area contributed by atoms with Gasteiger partial charge in [0.25, 0.3) is 0 Å². The Morgan fingerprint density at radius 3 is 2.14 bits per heavy atom. The van der Waals surface area contributed by atoms with Crippen LogP contribution in [0.4, 0.5) is 0 Å². The highest BCUT2D eigenvalue weighted by molar-refractivity contribution is 6.36. The first kappa shape index (κ1) is 36.1. The van der Waals surface area contributed by atoms with Crippen molar-refractivity contribution in [3.05, 3.63) is 102 Å². The van der Waals surface area contributed by atoms with E-state index in [2.05, 4.69) is 48.3 Å². The molecular weight excluding hydrogens is 642 g/mol. The topological polar surface area (TPSA) is 113 Å². The Balaban J connectivity index is 1.22. The molecule has 0 aromatic heterocycles. The molecule has 3 saturated heterocycles. The van der Waals surface area contributed by atoms with Gasteiger partial charge in [0, 0.05) is 44.8 Å². The van der Waals surface area contributed by atoms with Gasteiger partial charge in [-0.3, -0.25) is 24.1 Å². The number of phenolic OH excluding ortho intramolecular Hbond substituents is 1. The molecule has 0 bridgehead atoms. The van der Waals surface area contributed by atoms with Gasteiger partial charge in [0.1, 0.15) is 5.75 Å². The molecule has 0 unspecified atom stereocenters. The van der Waals surface area contributed by atoms with Crippen LogP contribution in [0, 0.1) is 5.92 Å². The molecule has 3 aromatic carbocycles. The van der Waals surface area contributed by atoms with Crippen molar-refractivity contribution >= 4 is 23.6 Å². The van der Waals surface area contributed by atoms with Crippen molar-refractivity contribution in [2.75, 3.05) is 39.3 Å². The van der Waals surface area contributed by atoms with Crippen LogP contribution in [-0.2, 0) is 38.4 Å². The number of nitrogens with zero attached hydrogens (tertiary/aromatic N) is 4. The van der Waals surface area contributed by atoms with E-state index in [4.69, 9.17) is 0 Å². The fourth-order valence-electron chi connectivity index (χ4n) is 8.07. The summed E-state index contributed by atoms with van der Waals surface area (Å²) in [6, 6.07) is 26.6. The highest BCUT2D eigenvalue weighted by Crippen LogP contribution is 2.27. The lowest BCUT2D eigenvalue weighted by Gasteiger charge is -2.46. The number of hydrogen-bond acceptors (Lipinski definition) is 6. The molecule has 0 saturated carbocycles. The molecule has 3 aromatic rings. The fourth-order valence-corrected chi connectivity index (χ4v) is 8.07. The van der Waals surface area contributed by atoms with Gasteiger partial charge >= 0.3 is 23.6 Å². The van der Waals surface area contributed by atoms with E-state index in [0.717, 1.165) is 42.5 Å². The maximum Gasteiger partial charge on any atom is 0.312 e. The van der Waals surface area contributed by atoms with E-state index in [1.807, 2.05) is 58.3 Å². The molecule has 3 aliphatic rings. The highest BCUT2D eigenvalue weighted by Gasteiger charge is 2.43. The normalized spacial score (nSPS) is 22.2. The number of piperazine rings is 2. The van der Waals surface area contributed by atoms with Gasteiger partial charge in [0.15, 0.2) is 0 Å². The molecule has 2 N–H and O–H groups in total. The molecule has 3 aliphatic heterocycles. The summed E-state index contributed by atoms with van der Waals surface area (Å²) in [7, 11) is 0. The summed E-state index contributed by atoms with van der Waals surface area (Å²) in [5.74, 6) is -1.46. The summed E-state index contributed by atoms with van der Waals surface area (Å²) in [6.45, 7) is 7.44. The first-order chi connectivity index (χ1) is 24.7. The van der Waals surface area contributed by atoms with Gasteiger partial charge in [-0.15, -0.1) is 0 Å². The summed E-state index contributed by atoms with van der Waals surface area (Å²) in [5, 5.41) is 12.5. The van der Waals surface area contributed by atoms with Crippen LogP contribution < -0.4 is 5.32 Å². The number of nitrogens with one attached hydrogen (secondary N) is 1. The van der Waals surface area contributed by atoms with Crippen LogP contribution in [0.5, 0.6) is 5.75 Å². The Morgan fingerprint density at radius 1 is 0.765 bits per heavy atom. The maximum absolute atomic E-state index is 14.1. The van der Waals surface area contributed by atoms with Gasteiger partial charge in [-0.1, -0.05) is 86.6 Å². The number of likely N-dealkylation sites (tertiary alicyclic amines) is 1. The molecule has 4 amide bonds. The van der Waals surface area contributed by atoms with Gasteiger partial charge in [-0.05, 0) is 79.8 Å². The Hall–Kier alpha value is -4.70. The van der Waals surface area contributed by atoms with Crippen molar-refractivity contribution in [2.24, 2.45) is 5.92 Å². The first-order valence-electron chi connectivity index (χ1n) is 18.5. The van der Waals surface area contributed by atoms with Crippen LogP contribution >= 0.6 is 0 Å². The molecule has 270 valence electrons. The Bertz CT molecular complexity index is 1650. The molecule has 0 aliphatic carbocycles. The second-order valence-electron chi connectivity index (χ2n) is 14.8. The average Bonchev–Trinajstić information content (AvgIpc) is 3.57. The average molecular weight is 694 g/mol. The number of carbonyl (C=O) groups excluding carboxylic acids is 4. The van der Waals surface area contributed by atoms with Gasteiger partial charge in [0.2, 0.25) is 0 Å². The minimum atomic E-state index is -0.589. The summed E-state index contributed by atoms with van der Waals surface area (Å²) in [5.41, 5.74) is 3.21. The zero-order valence-corrected chi connectivity index (χ0v) is 29.8. The van der Waals surface area contributed by atoms with Crippen molar-refractivity contribution in [1.29, 1.82) is 0 Å². The number of hydrogen-bond donors (Lipinski definition) is 2. The SMILES string of the molecule is CC(C)C[C@H]1CN([C@@H](Cc2ccccc2)CN2CCC[C@H]2CN2C(=O)C(=O)NC[C@@H]2Cc2ccc(O)cc2)C(=O)C(=O)N1CCc1ccccc1. The molecule has 3 heterocycles. The monoisotopic (exact) mass is 693 g/mol. The minimum Gasteiger partial charge on any atom is -0.508 e. The minimum absolute atomic E-state index is 0.00451. The Morgan fingerprint density at radius 2 is 1.45 bits per heavy atom. The van der Waals surface area contributed by atoms with Crippen LogP contribution in [0.25, 0.3) is 0 Å². The second-order valence-corrected chi connectivity index (χ2v) is 14.8. The van der Waals surface area contributed by atoms with Gasteiger partial charge in [0.05, 0.1) is 12.1 Å². The van der Waals surface area contributed by atoms with E-state index in [1.54, 1.807) is 17.0 Å². The van der Waals surface area contributed by atoms with Crippen LogP contribution in [0.3, 0.4) is 0 Å². The number of carbonyl (C=O) groups is 4. The van der Waals surface area contributed by atoms with Crippen LogP contribution in [-0.4, -0.2) is 112 Å². The first-order valence-corrected chi connectivity index (χ1v) is 18.5. The van der Waals surface area contributed by atoms with Crippen LogP contribution in [0.2, 0.25) is 0 Å². The zero-order valence-electron chi connectivity index (χ0n) is 29.8. The largest absolute Gasteiger partial charge is 0.508 e. The predicted molar refractivity (Wildman–Crippen MR) is 196 cm³/mol. The quantitative estimate of drug-likeness (QED) is 0.250. The molecule has 4 atom stereocenters. The third kappa shape index (κ3) is 8.97. The molecular formula is C41H51N5O5. The number of phenols is 1. The lowest BCUT2D eigenvalue weighted by atomic mass is 9.96. The number of rotatable bonds is 14. The Kier molecular flexibility index (Phi) is 11.7. The summed E-state index contributed by atoms with van der Waals surface area (Å²) in [6.07, 6.45) is 4.46. The van der Waals surface area contributed by atoms with E-state index in [0.29, 0.717) is 57.9 Å². The third-order valence-corrected chi connectivity index (χ3v) is 10.7. The van der Waals surface area contributed by atoms with E-state index in [1.165, 1.54) is 0 Å². The zero-order chi connectivity index (χ0) is 35.9. The number of aromatic hydroxyl groups is 1. The van der Waals surface area contributed by atoms with Gasteiger partial charge < -0.3 is 25.1 Å². The molecule has 10 heteroatoms. The number of amides is 4. The van der Waals surface area contributed by atoms with Crippen LogP contribution in [0.15, 0.2) is 84.9 Å². The lowest BCUT2D eigenvalue weighted by Crippen LogP contribution is -2.64. The highest BCUT2D eigenvalue weighted by atomic mass is 16.3. The predicted octanol–water partition coefficient (Wildman–Crippen LogP) is 3.67. The molecule has 3 fully saturated rings. The van der Waals surface area contributed by atoms with Crippen LogP contribution in [0.1, 0.15) is 49.8 Å². The summed E-state index contributed by atoms with van der Waals surface area (Å²) < 4.78 is 0. The molecule has 10 nitrogen and oxygen atoms in total. The standard InChI is InChI=1S/C41H51N5O5/c1-29(2)22-35-28-46(41(51)40(50)44(35)21-19-30-10-5-3-6-11-30)36(24-31-12-7-4-8-13-31)26-43-20-9-14-33(43)27-45-34(25-42-38(48)39(45)49)23-32-15-17-37(47)18-16-32/h3-8,10-13,15-18,29,33-36,47H,9,14,19-28H2,1-2H3,(H,42,48)/t33-,34-,35-,36-/m0/s1. The van der Waals surface area contributed by atoms with Gasteiger partial charge in [-0.2, -0.15) is 0 Å². The summed E-state index contributed by atoms with van der Waals surface area (Å²) >= 11 is 0. The second kappa shape index (κ2) is 16.5. The third-order valence-electron chi connectivity index (χ3n) is 10.7. The molecule has 0 spiro atoms. The Labute approximate surface area is 301 Å². The molecule has 51 heavy (non-hydrogen) atoms. The van der Waals surface area contributed by atoms with Gasteiger partial charge in [-0.25, -0.2) is 0 Å². The maximum atomic E-state index is 14.1. The summed E-state index contributed by atoms with van der Waals surface area (Å²) in [4.78, 5) is 61.7.